The van der Waals surface area contributed by atoms with Crippen LogP contribution in [0.15, 0.2) is 24.3 Å². The third kappa shape index (κ3) is 3.08. The monoisotopic (exact) mass is 200 g/mol. The minimum atomic E-state index is -2.86. The second kappa shape index (κ2) is 3.81. The molecule has 1 N–H and O–H groups in total. The molecule has 72 valence electrons. The van der Waals surface area contributed by atoms with E-state index in [-0.39, 0.29) is 0 Å². The van der Waals surface area contributed by atoms with Crippen LogP contribution in [-0.4, -0.2) is 27.5 Å². The van der Waals surface area contributed by atoms with Crippen molar-refractivity contribution < 1.29 is 13.5 Å². The van der Waals surface area contributed by atoms with Crippen LogP contribution < -0.4 is 4.74 Å². The van der Waals surface area contributed by atoms with E-state index >= 15 is 0 Å². The van der Waals surface area contributed by atoms with Crippen molar-refractivity contribution >= 4 is 15.2 Å². The summed E-state index contributed by atoms with van der Waals surface area (Å²) in [5, 5.41) is 1.30. The van der Waals surface area contributed by atoms with Crippen LogP contribution in [0.1, 0.15) is 5.56 Å². The molecule has 1 aromatic rings. The van der Waals surface area contributed by atoms with E-state index in [0.717, 1.165) is 0 Å². The minimum absolute atomic E-state index is 0.603. The zero-order valence-electron chi connectivity index (χ0n) is 7.56. The van der Waals surface area contributed by atoms with Crippen LogP contribution in [0.3, 0.4) is 0 Å². The summed E-state index contributed by atoms with van der Waals surface area (Å²) in [5.74, 6) is 0.603. The molecule has 0 fully saturated rings. The predicted molar refractivity (Wildman–Crippen MR) is 54.9 cm³/mol. The van der Waals surface area contributed by atoms with Crippen molar-refractivity contribution in [3.8, 4) is 5.75 Å². The fourth-order valence-electron chi connectivity index (χ4n) is 0.999. The number of hydrogen-bond acceptors (Lipinski definition) is 2. The molecule has 1 aromatic carbocycles. The van der Waals surface area contributed by atoms with E-state index in [1.807, 2.05) is 6.07 Å². The highest BCUT2D eigenvalue weighted by Crippen LogP contribution is 2.14. The average molecular weight is 200 g/mol. The Morgan fingerprint density at radius 1 is 1.46 bits per heavy atom. The molecule has 0 saturated carbocycles. The normalized spacial score (nSPS) is 14.7. The second-order valence-electron chi connectivity index (χ2n) is 2.72. The molecule has 1 atom stereocenters. The van der Waals surface area contributed by atoms with Crippen molar-refractivity contribution in [3.63, 3.8) is 0 Å². The molecule has 13 heavy (non-hydrogen) atoms. The van der Waals surface area contributed by atoms with Crippen molar-refractivity contribution in [2.24, 2.45) is 0 Å². The molecule has 0 saturated heterocycles. The standard InChI is InChI=1S/C9H12O3S/c1-12-9-6-4-3-5-8(9)7-13(2,10)11/h3-7H,1-2H3,(H,10,11). The number of ether oxygens (including phenoxy) is 1. The van der Waals surface area contributed by atoms with Crippen molar-refractivity contribution in [3.05, 3.63) is 29.8 Å². The van der Waals surface area contributed by atoms with Gasteiger partial charge in [-0.15, -0.1) is 0 Å². The van der Waals surface area contributed by atoms with Gasteiger partial charge < -0.3 is 9.29 Å². The lowest BCUT2D eigenvalue weighted by molar-refractivity contribution is 0.414. The Morgan fingerprint density at radius 2 is 2.08 bits per heavy atom. The van der Waals surface area contributed by atoms with Gasteiger partial charge in [-0.3, -0.25) is 0 Å². The molecule has 0 bridgehead atoms. The number of rotatable bonds is 2. The first kappa shape index (κ1) is 10.1. The van der Waals surface area contributed by atoms with E-state index in [9.17, 15) is 4.21 Å². The highest BCUT2D eigenvalue weighted by molar-refractivity contribution is 7.95. The molecule has 0 aliphatic heterocycles. The molecule has 4 heteroatoms. The van der Waals surface area contributed by atoms with E-state index in [0.29, 0.717) is 11.3 Å². The zero-order valence-corrected chi connectivity index (χ0v) is 8.38. The molecule has 0 radical (unpaired) electrons. The lowest BCUT2D eigenvalue weighted by Gasteiger charge is -2.03. The Hall–Kier alpha value is -1.00. The van der Waals surface area contributed by atoms with Crippen LogP contribution in [0.5, 0.6) is 5.75 Å². The Balaban J connectivity index is 3.23. The fraction of sp³-hybridized carbons (Fsp3) is 0.222. The predicted octanol–water partition coefficient (Wildman–Crippen LogP) is 1.23. The van der Waals surface area contributed by atoms with Gasteiger partial charge in [0.05, 0.1) is 16.9 Å². The van der Waals surface area contributed by atoms with E-state index in [4.69, 9.17) is 9.29 Å². The Morgan fingerprint density at radius 3 is 2.62 bits per heavy atom. The van der Waals surface area contributed by atoms with Gasteiger partial charge in [0.1, 0.15) is 5.75 Å². The minimum Gasteiger partial charge on any atom is -0.496 e. The number of methoxy groups -OCH3 is 1. The summed E-state index contributed by atoms with van der Waals surface area (Å²) in [6.07, 6.45) is 1.26. The van der Waals surface area contributed by atoms with E-state index in [2.05, 4.69) is 0 Å². The van der Waals surface area contributed by atoms with Gasteiger partial charge in [-0.1, -0.05) is 18.2 Å². The lowest BCUT2D eigenvalue weighted by atomic mass is 10.2. The number of para-hydroxylation sites is 1. The number of benzene rings is 1. The SMILES string of the molecule is COc1ccccc1C=S(C)(=O)O. The second-order valence-corrected chi connectivity index (χ2v) is 4.68. The highest BCUT2D eigenvalue weighted by atomic mass is 32.2. The average Bonchev–Trinajstić information content (AvgIpc) is 2.02. The third-order valence-corrected chi connectivity index (χ3v) is 2.18. The third-order valence-electron chi connectivity index (χ3n) is 1.48. The smallest absolute Gasteiger partial charge is 0.126 e. The van der Waals surface area contributed by atoms with Gasteiger partial charge in [0, 0.05) is 17.2 Å². The van der Waals surface area contributed by atoms with Crippen molar-refractivity contribution in [1.29, 1.82) is 0 Å². The Bertz CT molecular complexity index is 395. The molecule has 0 heterocycles. The maximum atomic E-state index is 11.1. The van der Waals surface area contributed by atoms with E-state index in [1.54, 1.807) is 18.2 Å². The van der Waals surface area contributed by atoms with Gasteiger partial charge in [0.25, 0.3) is 0 Å². The molecule has 0 aromatic heterocycles. The molecule has 1 rings (SSSR count). The summed E-state index contributed by atoms with van der Waals surface area (Å²) in [4.78, 5) is 0. The zero-order chi connectivity index (χ0) is 9.90. The summed E-state index contributed by atoms with van der Waals surface area (Å²) in [7, 11) is -1.34. The van der Waals surface area contributed by atoms with Crippen molar-refractivity contribution in [2.75, 3.05) is 13.4 Å². The maximum absolute atomic E-state index is 11.1. The van der Waals surface area contributed by atoms with Gasteiger partial charge in [-0.25, -0.2) is 4.21 Å². The summed E-state index contributed by atoms with van der Waals surface area (Å²) in [6.45, 7) is 0. The van der Waals surface area contributed by atoms with Gasteiger partial charge in [0.15, 0.2) is 0 Å². The molecule has 3 nitrogen and oxygen atoms in total. The first-order valence-corrected chi connectivity index (χ1v) is 5.71. The maximum Gasteiger partial charge on any atom is 0.126 e. The molecule has 0 aliphatic rings. The van der Waals surface area contributed by atoms with Crippen LogP contribution in [0.25, 0.3) is 0 Å². The van der Waals surface area contributed by atoms with Crippen LogP contribution in [0, 0.1) is 0 Å². The summed E-state index contributed by atoms with van der Waals surface area (Å²) in [6, 6.07) is 7.08. The molecule has 1 unspecified atom stereocenters. The topological polar surface area (TPSA) is 46.5 Å². The van der Waals surface area contributed by atoms with Crippen molar-refractivity contribution in [1.82, 2.24) is 0 Å². The lowest BCUT2D eigenvalue weighted by Crippen LogP contribution is -2.00. The Labute approximate surface area is 78.2 Å². The summed E-state index contributed by atoms with van der Waals surface area (Å²) < 4.78 is 25.2. The Kier molecular flexibility index (Phi) is 2.95. The van der Waals surface area contributed by atoms with Crippen molar-refractivity contribution in [2.45, 2.75) is 0 Å². The molecule has 0 spiro atoms. The highest BCUT2D eigenvalue weighted by Gasteiger charge is 2.00. The molecule has 0 aliphatic carbocycles. The largest absolute Gasteiger partial charge is 0.496 e. The molecule has 0 amide bonds. The molecular weight excluding hydrogens is 188 g/mol. The van der Waals surface area contributed by atoms with Gasteiger partial charge in [-0.2, -0.15) is 0 Å². The van der Waals surface area contributed by atoms with E-state index in [1.165, 1.54) is 18.7 Å². The van der Waals surface area contributed by atoms with Gasteiger partial charge in [-0.05, 0) is 6.07 Å². The van der Waals surface area contributed by atoms with E-state index < -0.39 is 9.80 Å². The number of hydrogen-bond donors (Lipinski definition) is 1. The van der Waals surface area contributed by atoms with Gasteiger partial charge in [0.2, 0.25) is 0 Å². The van der Waals surface area contributed by atoms with Crippen LogP contribution in [-0.2, 0) is 9.80 Å². The first-order chi connectivity index (χ1) is 6.03. The van der Waals surface area contributed by atoms with Crippen LogP contribution in [0.2, 0.25) is 0 Å². The van der Waals surface area contributed by atoms with Crippen LogP contribution in [0.4, 0.5) is 0 Å². The summed E-state index contributed by atoms with van der Waals surface area (Å²) in [5.41, 5.74) is 0.639. The fourth-order valence-corrected chi connectivity index (χ4v) is 1.67. The van der Waals surface area contributed by atoms with Gasteiger partial charge >= 0.3 is 0 Å². The summed E-state index contributed by atoms with van der Waals surface area (Å²) >= 11 is 0. The molecular formula is C9H12O3S. The quantitative estimate of drug-likeness (QED) is 0.730. The van der Waals surface area contributed by atoms with Crippen LogP contribution >= 0.6 is 0 Å². The first-order valence-electron chi connectivity index (χ1n) is 3.72.